The van der Waals surface area contributed by atoms with Crippen LogP contribution < -0.4 is 14.8 Å². The Kier molecular flexibility index (Phi) is 5.67. The van der Waals surface area contributed by atoms with Gasteiger partial charge in [0, 0.05) is 17.9 Å². The fourth-order valence-corrected chi connectivity index (χ4v) is 3.42. The van der Waals surface area contributed by atoms with Gasteiger partial charge in [-0.3, -0.25) is 4.79 Å². The second-order valence-corrected chi connectivity index (χ2v) is 7.17. The van der Waals surface area contributed by atoms with Crippen LogP contribution in [0.2, 0.25) is 5.02 Å². The predicted molar refractivity (Wildman–Crippen MR) is 106 cm³/mol. The molecule has 1 unspecified atom stereocenters. The van der Waals surface area contributed by atoms with E-state index in [9.17, 15) is 4.79 Å². The van der Waals surface area contributed by atoms with Crippen LogP contribution in [0.25, 0.3) is 0 Å². The van der Waals surface area contributed by atoms with Gasteiger partial charge in [-0.1, -0.05) is 35.9 Å². The SMILES string of the molecule is CC(NC(=O)CCc1nnc(Cc2ccc3c(c2)OCO3)o1)c1ccccc1Cl. The van der Waals surface area contributed by atoms with Gasteiger partial charge in [-0.05, 0) is 36.2 Å². The number of fused-ring (bicyclic) bond motifs is 1. The number of amides is 1. The third kappa shape index (κ3) is 4.68. The molecule has 0 spiro atoms. The van der Waals surface area contributed by atoms with Crippen molar-refractivity contribution < 1.29 is 18.7 Å². The fourth-order valence-electron chi connectivity index (χ4n) is 3.12. The van der Waals surface area contributed by atoms with Gasteiger partial charge in [0.2, 0.25) is 24.5 Å². The van der Waals surface area contributed by atoms with Gasteiger partial charge in [0.1, 0.15) is 0 Å². The first-order valence-electron chi connectivity index (χ1n) is 9.32. The number of nitrogens with one attached hydrogen (secondary N) is 1. The van der Waals surface area contributed by atoms with Crippen LogP contribution in [0.5, 0.6) is 11.5 Å². The van der Waals surface area contributed by atoms with Crippen molar-refractivity contribution in [3.63, 3.8) is 0 Å². The number of aryl methyl sites for hydroxylation is 1. The lowest BCUT2D eigenvalue weighted by Gasteiger charge is -2.15. The van der Waals surface area contributed by atoms with Crippen molar-refractivity contribution >= 4 is 17.5 Å². The summed E-state index contributed by atoms with van der Waals surface area (Å²) in [5.74, 6) is 2.27. The molecule has 0 fully saturated rings. The number of carbonyl (C=O) groups is 1. The van der Waals surface area contributed by atoms with Gasteiger partial charge in [-0.2, -0.15) is 0 Å². The second-order valence-electron chi connectivity index (χ2n) is 6.76. The van der Waals surface area contributed by atoms with E-state index in [1.54, 1.807) is 6.07 Å². The summed E-state index contributed by atoms with van der Waals surface area (Å²) < 4.78 is 16.4. The van der Waals surface area contributed by atoms with E-state index < -0.39 is 0 Å². The second kappa shape index (κ2) is 8.53. The standard InChI is InChI=1S/C21H20ClN3O4/c1-13(15-4-2-3-5-16(15)22)23-19(26)8-9-20-24-25-21(29-20)11-14-6-7-17-18(10-14)28-12-27-17/h2-7,10,13H,8-9,11-12H2,1H3,(H,23,26). The van der Waals surface area contributed by atoms with Gasteiger partial charge < -0.3 is 19.2 Å². The Hall–Kier alpha value is -3.06. The summed E-state index contributed by atoms with van der Waals surface area (Å²) in [6, 6.07) is 13.0. The third-order valence-electron chi connectivity index (χ3n) is 4.62. The molecule has 0 saturated heterocycles. The van der Waals surface area contributed by atoms with E-state index in [1.807, 2.05) is 43.3 Å². The Balaban J connectivity index is 1.29. The average Bonchev–Trinajstić information content (AvgIpc) is 3.35. The van der Waals surface area contributed by atoms with Gasteiger partial charge >= 0.3 is 0 Å². The first kappa shape index (κ1) is 19.3. The van der Waals surface area contributed by atoms with Crippen LogP contribution in [0, 0.1) is 0 Å². The minimum absolute atomic E-state index is 0.104. The minimum atomic E-state index is -0.180. The Morgan fingerprint density at radius 2 is 1.93 bits per heavy atom. The van der Waals surface area contributed by atoms with E-state index >= 15 is 0 Å². The van der Waals surface area contributed by atoms with Crippen LogP contribution >= 0.6 is 11.6 Å². The normalized spacial score (nSPS) is 13.3. The third-order valence-corrected chi connectivity index (χ3v) is 4.96. The number of ether oxygens (including phenoxy) is 2. The maximum Gasteiger partial charge on any atom is 0.231 e. The molecular weight excluding hydrogens is 394 g/mol. The molecule has 150 valence electrons. The zero-order chi connectivity index (χ0) is 20.2. The largest absolute Gasteiger partial charge is 0.454 e. The number of aromatic nitrogens is 2. The Morgan fingerprint density at radius 3 is 2.79 bits per heavy atom. The van der Waals surface area contributed by atoms with E-state index in [-0.39, 0.29) is 25.2 Å². The molecule has 0 radical (unpaired) electrons. The molecular formula is C21H20ClN3O4. The highest BCUT2D eigenvalue weighted by atomic mass is 35.5. The Labute approximate surface area is 173 Å². The lowest BCUT2D eigenvalue weighted by molar-refractivity contribution is -0.121. The van der Waals surface area contributed by atoms with E-state index in [4.69, 9.17) is 25.5 Å². The first-order chi connectivity index (χ1) is 14.1. The molecule has 8 heteroatoms. The first-order valence-corrected chi connectivity index (χ1v) is 9.70. The molecule has 4 rings (SSSR count). The van der Waals surface area contributed by atoms with Crippen LogP contribution in [0.1, 0.15) is 42.3 Å². The number of rotatable bonds is 7. The summed E-state index contributed by atoms with van der Waals surface area (Å²) in [7, 11) is 0. The molecule has 3 aromatic rings. The summed E-state index contributed by atoms with van der Waals surface area (Å²) in [6.45, 7) is 2.13. The van der Waals surface area contributed by atoms with Crippen LogP contribution in [-0.4, -0.2) is 22.9 Å². The fraction of sp³-hybridized carbons (Fsp3) is 0.286. The maximum atomic E-state index is 12.2. The van der Waals surface area contributed by atoms with Gasteiger partial charge in [0.15, 0.2) is 11.5 Å². The summed E-state index contributed by atoms with van der Waals surface area (Å²) in [5, 5.41) is 11.7. The molecule has 2 heterocycles. The van der Waals surface area contributed by atoms with Crippen molar-refractivity contribution in [2.75, 3.05) is 6.79 Å². The summed E-state index contributed by atoms with van der Waals surface area (Å²) in [5.41, 5.74) is 1.86. The van der Waals surface area contributed by atoms with E-state index in [2.05, 4.69) is 15.5 Å². The molecule has 29 heavy (non-hydrogen) atoms. The molecule has 0 saturated carbocycles. The summed E-state index contributed by atoms with van der Waals surface area (Å²) in [4.78, 5) is 12.2. The smallest absolute Gasteiger partial charge is 0.231 e. The average molecular weight is 414 g/mol. The van der Waals surface area contributed by atoms with Crippen LogP contribution in [0.4, 0.5) is 0 Å². The van der Waals surface area contributed by atoms with Crippen LogP contribution in [0.15, 0.2) is 46.9 Å². The quantitative estimate of drug-likeness (QED) is 0.633. The van der Waals surface area contributed by atoms with Crippen molar-refractivity contribution in [2.45, 2.75) is 32.2 Å². The summed E-state index contributed by atoms with van der Waals surface area (Å²) >= 11 is 6.18. The van der Waals surface area contributed by atoms with Gasteiger partial charge in [0.25, 0.3) is 0 Å². The van der Waals surface area contributed by atoms with Crippen molar-refractivity contribution in [3.05, 3.63) is 70.4 Å². The van der Waals surface area contributed by atoms with Crippen LogP contribution in [0.3, 0.4) is 0 Å². The topological polar surface area (TPSA) is 86.5 Å². The van der Waals surface area contributed by atoms with E-state index in [1.165, 1.54) is 0 Å². The molecule has 0 bridgehead atoms. The highest BCUT2D eigenvalue weighted by Crippen LogP contribution is 2.33. The van der Waals surface area contributed by atoms with Crippen LogP contribution in [-0.2, 0) is 17.6 Å². The molecule has 1 aliphatic rings. The van der Waals surface area contributed by atoms with E-state index in [0.717, 1.165) is 16.9 Å². The molecule has 1 atom stereocenters. The van der Waals surface area contributed by atoms with Gasteiger partial charge in [-0.15, -0.1) is 10.2 Å². The Morgan fingerprint density at radius 1 is 1.14 bits per heavy atom. The number of halogens is 1. The highest BCUT2D eigenvalue weighted by molar-refractivity contribution is 6.31. The molecule has 1 aromatic heterocycles. The number of carbonyl (C=O) groups excluding carboxylic acids is 1. The zero-order valence-electron chi connectivity index (χ0n) is 15.9. The van der Waals surface area contributed by atoms with Gasteiger partial charge in [-0.25, -0.2) is 0 Å². The van der Waals surface area contributed by atoms with Crippen molar-refractivity contribution in [1.29, 1.82) is 0 Å². The molecule has 1 amide bonds. The number of hydrogen-bond acceptors (Lipinski definition) is 6. The molecule has 7 nitrogen and oxygen atoms in total. The van der Waals surface area contributed by atoms with E-state index in [0.29, 0.717) is 35.4 Å². The number of benzene rings is 2. The summed E-state index contributed by atoms with van der Waals surface area (Å²) in [6.07, 6.45) is 1.11. The molecule has 1 N–H and O–H groups in total. The highest BCUT2D eigenvalue weighted by Gasteiger charge is 2.16. The molecule has 1 aliphatic heterocycles. The van der Waals surface area contributed by atoms with Crippen molar-refractivity contribution in [3.8, 4) is 11.5 Å². The molecule has 0 aliphatic carbocycles. The number of hydrogen-bond donors (Lipinski definition) is 1. The number of nitrogens with zero attached hydrogens (tertiary/aromatic N) is 2. The molecule has 2 aromatic carbocycles. The van der Waals surface area contributed by atoms with Crippen molar-refractivity contribution in [1.82, 2.24) is 15.5 Å². The minimum Gasteiger partial charge on any atom is -0.454 e. The lowest BCUT2D eigenvalue weighted by atomic mass is 10.1. The van der Waals surface area contributed by atoms with Gasteiger partial charge in [0.05, 0.1) is 12.5 Å². The van der Waals surface area contributed by atoms with Crippen molar-refractivity contribution in [2.24, 2.45) is 0 Å². The predicted octanol–water partition coefficient (Wildman–Crippen LogP) is 3.85. The monoisotopic (exact) mass is 413 g/mol. The Bertz CT molecular complexity index is 1020. The zero-order valence-corrected chi connectivity index (χ0v) is 16.6. The maximum absolute atomic E-state index is 12.2. The lowest BCUT2D eigenvalue weighted by Crippen LogP contribution is -2.27.